The molecule has 6 fully saturated rings. The highest BCUT2D eigenvalue weighted by Crippen LogP contribution is 2.69. The van der Waals surface area contributed by atoms with Crippen molar-refractivity contribution in [3.63, 3.8) is 0 Å². The van der Waals surface area contributed by atoms with Crippen molar-refractivity contribution in [2.24, 2.45) is 68.0 Å². The van der Waals surface area contributed by atoms with Crippen LogP contribution < -0.4 is 28.4 Å². The minimum atomic E-state index is -0.637. The number of rotatable bonds is 12. The van der Waals surface area contributed by atoms with Crippen LogP contribution in [0.4, 0.5) is 0 Å². The molecule has 0 aromatic heterocycles. The summed E-state index contributed by atoms with van der Waals surface area (Å²) < 4.78 is 38.4. The molecular weight excluding hydrogens is 1090 g/mol. The summed E-state index contributed by atoms with van der Waals surface area (Å²) in [5.74, 6) is 4.88. The summed E-state index contributed by atoms with van der Waals surface area (Å²) in [4.78, 5) is 41.2. The van der Waals surface area contributed by atoms with E-state index >= 15 is 0 Å². The van der Waals surface area contributed by atoms with E-state index in [1.165, 1.54) is 31.3 Å². The summed E-state index contributed by atoms with van der Waals surface area (Å²) in [5, 5.41) is 10.9. The highest BCUT2D eigenvalue weighted by atomic mass is 35.5. The number of carbonyl (C=O) groups is 3. The molecular formula is C70H98Cl2O11. The molecule has 0 bridgehead atoms. The molecule has 5 saturated carbocycles. The first-order valence-electron chi connectivity index (χ1n) is 30.1. The van der Waals surface area contributed by atoms with Crippen molar-refractivity contribution >= 4 is 40.6 Å². The SMILES string of the molecule is C=C1[C@H](C(=O)c2cc(OC)cc(OC)c2)[C@@]2(C)CCCC(C)(C)[C@@H]2C[C@H]1O.COc1cc(OC)cc(C(=O)[C@@H]2[C@@]3(C)CCCC(C)(C)[C@@H]3C[C@H]3O[C@@]23C)c1.COc1cc(OC)cc(C(=O)[C@H]2C(C)=CC[C@H]3C(C)(C)CCC[C@]23C)c1.ClCCl. The third-order valence-electron chi connectivity index (χ3n) is 21.9. The Bertz CT molecular complexity index is 2820. The maximum Gasteiger partial charge on any atom is 0.170 e. The normalized spacial score (nSPS) is 33.0. The molecule has 1 heterocycles. The van der Waals surface area contributed by atoms with Gasteiger partial charge in [0.05, 0.1) is 72.0 Å². The summed E-state index contributed by atoms with van der Waals surface area (Å²) in [6.45, 7) is 29.4. The number of alkyl halides is 2. The van der Waals surface area contributed by atoms with E-state index in [4.69, 9.17) is 56.4 Å². The van der Waals surface area contributed by atoms with Crippen molar-refractivity contribution in [2.75, 3.05) is 48.0 Å². The van der Waals surface area contributed by atoms with Gasteiger partial charge < -0.3 is 38.3 Å². The van der Waals surface area contributed by atoms with Crippen LogP contribution in [0.2, 0.25) is 0 Å². The molecule has 1 saturated heterocycles. The Morgan fingerprint density at radius 2 is 0.855 bits per heavy atom. The number of methoxy groups -OCH3 is 6. The lowest BCUT2D eigenvalue weighted by atomic mass is 9.46. The van der Waals surface area contributed by atoms with Gasteiger partial charge in [-0.2, -0.15) is 0 Å². The Balaban J connectivity index is 0.000000175. The predicted molar refractivity (Wildman–Crippen MR) is 332 cm³/mol. The molecule has 83 heavy (non-hydrogen) atoms. The Morgan fingerprint density at radius 3 is 1.25 bits per heavy atom. The van der Waals surface area contributed by atoms with E-state index in [0.717, 1.165) is 44.9 Å². The van der Waals surface area contributed by atoms with Crippen LogP contribution in [-0.2, 0) is 4.74 Å². The van der Waals surface area contributed by atoms with Crippen molar-refractivity contribution in [2.45, 2.75) is 171 Å². The number of allylic oxidation sites excluding steroid dienone is 2. The molecule has 12 atom stereocenters. The zero-order valence-corrected chi connectivity index (χ0v) is 54.6. The van der Waals surface area contributed by atoms with Crippen molar-refractivity contribution < 1.29 is 52.6 Å². The van der Waals surface area contributed by atoms with E-state index in [9.17, 15) is 19.5 Å². The standard InChI is InChI=1S/2C23H32O4.C23H32O3.CH2Cl2/c1-21(2)8-7-9-22(3)17(21)13-18-23(4,27-18)20(22)19(24)14-10-15(25-5)12-16(11-14)26-6;1-14-18(24)13-19-22(2,3)8-7-9-23(19,4)20(14)21(25)15-10-16(26-5)12-17(11-15)27-6;1-15-8-9-19-22(2,3)10-7-11-23(19,4)20(15)21(24)16-12-17(25-5)14-18(13-16)26-6;2-1-3/h10-12,17-18,20H,7-9,13H2,1-6H3;10-12,18-20,24H,1,7-9,13H2,2-6H3;8,12-14,19-20H,7,9-11H2,1-6H3;1H2/t17-,18+,20+,22-,23+;18-,19+,20-,23+;19-,20+,23-;/m010./s1. The summed E-state index contributed by atoms with van der Waals surface area (Å²) >= 11 is 9.53. The number of aliphatic hydroxyl groups excluding tert-OH is 1. The fourth-order valence-electron chi connectivity index (χ4n) is 17.8. The van der Waals surface area contributed by atoms with Crippen LogP contribution in [0.15, 0.2) is 78.4 Å². The molecule has 10 rings (SSSR count). The molecule has 0 radical (unpaired) electrons. The molecule has 0 amide bonds. The van der Waals surface area contributed by atoms with Gasteiger partial charge in [0.25, 0.3) is 0 Å². The molecule has 3 aromatic carbocycles. The van der Waals surface area contributed by atoms with Gasteiger partial charge >= 0.3 is 0 Å². The number of hydrogen-bond acceptors (Lipinski definition) is 11. The van der Waals surface area contributed by atoms with Gasteiger partial charge in [0.15, 0.2) is 17.3 Å². The van der Waals surface area contributed by atoms with Gasteiger partial charge in [0.1, 0.15) is 40.1 Å². The molecule has 3 aromatic rings. The first-order chi connectivity index (χ1) is 38.9. The number of aliphatic hydroxyl groups is 1. The topological polar surface area (TPSA) is 139 Å². The second kappa shape index (κ2) is 25.4. The highest BCUT2D eigenvalue weighted by Gasteiger charge is 2.72. The third kappa shape index (κ3) is 12.8. The lowest BCUT2D eigenvalue weighted by Gasteiger charge is -2.58. The van der Waals surface area contributed by atoms with Gasteiger partial charge in [-0.3, -0.25) is 14.4 Å². The van der Waals surface area contributed by atoms with Gasteiger partial charge in [-0.1, -0.05) is 99.8 Å². The van der Waals surface area contributed by atoms with Crippen LogP contribution >= 0.6 is 23.2 Å². The number of ketones is 3. The summed E-state index contributed by atoms with van der Waals surface area (Å²) in [6.07, 6.45) is 15.0. The maximum atomic E-state index is 13.9. The average molecular weight is 1190 g/mol. The highest BCUT2D eigenvalue weighted by molar-refractivity contribution is 6.40. The lowest BCUT2D eigenvalue weighted by Crippen LogP contribution is -2.56. The number of carbonyl (C=O) groups excluding carboxylic acids is 3. The van der Waals surface area contributed by atoms with Crippen molar-refractivity contribution in [1.29, 1.82) is 0 Å². The van der Waals surface area contributed by atoms with Gasteiger partial charge in [-0.05, 0) is 164 Å². The summed E-state index contributed by atoms with van der Waals surface area (Å²) in [6, 6.07) is 16.3. The van der Waals surface area contributed by atoms with E-state index in [1.54, 1.807) is 60.9 Å². The number of ether oxygens (including phenoxy) is 7. The molecule has 0 spiro atoms. The van der Waals surface area contributed by atoms with Crippen molar-refractivity contribution in [1.82, 2.24) is 0 Å². The lowest BCUT2D eigenvalue weighted by molar-refractivity contribution is -0.0723. The first kappa shape index (κ1) is 66.0. The average Bonchev–Trinajstić information content (AvgIpc) is 3.81. The molecule has 458 valence electrons. The van der Waals surface area contributed by atoms with Crippen LogP contribution in [0.25, 0.3) is 0 Å². The zero-order chi connectivity index (χ0) is 61.4. The molecule has 11 nitrogen and oxygen atoms in total. The summed E-state index contributed by atoms with van der Waals surface area (Å²) in [5.41, 5.74) is 3.80. The number of epoxide rings is 1. The fraction of sp³-hybridized carbons (Fsp3) is 0.643. The van der Waals surface area contributed by atoms with Crippen molar-refractivity contribution in [3.8, 4) is 34.5 Å². The number of halogens is 2. The number of fused-ring (bicyclic) bond motifs is 4. The smallest absolute Gasteiger partial charge is 0.170 e. The van der Waals surface area contributed by atoms with E-state index in [1.807, 2.05) is 36.4 Å². The monoisotopic (exact) mass is 1180 g/mol. The Kier molecular flexibility index (Phi) is 20.2. The van der Waals surface area contributed by atoms with Crippen LogP contribution in [-0.4, -0.2) is 88.3 Å². The number of hydrogen-bond donors (Lipinski definition) is 1. The molecule has 1 N–H and O–H groups in total. The molecule has 0 unspecified atom stereocenters. The van der Waals surface area contributed by atoms with Gasteiger partial charge in [-0.25, -0.2) is 0 Å². The molecule has 6 aliphatic carbocycles. The maximum absolute atomic E-state index is 13.9. The van der Waals surface area contributed by atoms with E-state index < -0.39 is 12.0 Å². The fourth-order valence-corrected chi connectivity index (χ4v) is 17.8. The zero-order valence-electron chi connectivity index (χ0n) is 53.1. The van der Waals surface area contributed by atoms with Crippen LogP contribution in [0, 0.1) is 68.0 Å². The summed E-state index contributed by atoms with van der Waals surface area (Å²) in [7, 11) is 9.63. The number of benzene rings is 3. The van der Waals surface area contributed by atoms with Gasteiger partial charge in [0.2, 0.25) is 0 Å². The second-order valence-electron chi connectivity index (χ2n) is 28.0. The predicted octanol–water partition coefficient (Wildman–Crippen LogP) is 16.7. The number of Topliss-reactive ketones (excluding diaryl/α,β-unsaturated/α-hetero) is 3. The van der Waals surface area contributed by atoms with Crippen LogP contribution in [0.3, 0.4) is 0 Å². The first-order valence-corrected chi connectivity index (χ1v) is 31.2. The van der Waals surface area contributed by atoms with Crippen molar-refractivity contribution in [3.05, 3.63) is 95.1 Å². The largest absolute Gasteiger partial charge is 0.497 e. The molecule has 1 aliphatic heterocycles. The molecule has 13 heteroatoms. The van der Waals surface area contributed by atoms with Crippen LogP contribution in [0.5, 0.6) is 34.5 Å². The van der Waals surface area contributed by atoms with E-state index in [0.29, 0.717) is 75.0 Å². The Labute approximate surface area is 507 Å². The Hall–Kier alpha value is -4.55. The van der Waals surface area contributed by atoms with Gasteiger partial charge in [0, 0.05) is 40.8 Å². The molecule has 7 aliphatic rings. The van der Waals surface area contributed by atoms with Gasteiger partial charge in [-0.15, -0.1) is 23.2 Å². The Morgan fingerprint density at radius 1 is 0.518 bits per heavy atom. The quantitative estimate of drug-likeness (QED) is 0.0802. The minimum absolute atomic E-state index is 0.00106. The van der Waals surface area contributed by atoms with Crippen LogP contribution in [0.1, 0.15) is 184 Å². The van der Waals surface area contributed by atoms with E-state index in [-0.39, 0.29) is 84.6 Å². The second-order valence-corrected chi connectivity index (χ2v) is 28.8. The minimum Gasteiger partial charge on any atom is -0.497 e. The van der Waals surface area contributed by atoms with E-state index in [2.05, 4.69) is 88.8 Å². The third-order valence-corrected chi connectivity index (χ3v) is 21.9.